The van der Waals surface area contributed by atoms with E-state index in [-0.39, 0.29) is 0 Å². The summed E-state index contributed by atoms with van der Waals surface area (Å²) in [5.41, 5.74) is 0.121. The molecule has 1 aliphatic carbocycles. The zero-order valence-electron chi connectivity index (χ0n) is 16.6. The first-order chi connectivity index (χ1) is 15.0. The molecule has 0 aliphatic heterocycles. The van der Waals surface area contributed by atoms with Crippen LogP contribution in [0.25, 0.3) is 0 Å². The van der Waals surface area contributed by atoms with Gasteiger partial charge in [0, 0.05) is 4.88 Å². The van der Waals surface area contributed by atoms with E-state index in [1.165, 1.54) is 11.3 Å². The van der Waals surface area contributed by atoms with Crippen molar-refractivity contribution in [3.8, 4) is 6.07 Å². The van der Waals surface area contributed by atoms with E-state index in [0.29, 0.717) is 21.7 Å². The zero-order valence-corrected chi connectivity index (χ0v) is 17.4. The standard InChI is InChI=1S/C24H20N2O4S/c25-14-19-18-12-7-13-20(18)31-22(19)26-21(27)15-30-23(28)24(29,16-8-3-1-4-9-16)17-10-5-2-6-11-17/h1-6,8-11,29H,7,12-13,15H2,(H,26,27). The van der Waals surface area contributed by atoms with Crippen molar-refractivity contribution in [3.05, 3.63) is 87.8 Å². The van der Waals surface area contributed by atoms with Gasteiger partial charge in [0.2, 0.25) is 5.60 Å². The molecule has 0 radical (unpaired) electrons. The quantitative estimate of drug-likeness (QED) is 0.581. The predicted molar refractivity (Wildman–Crippen MR) is 117 cm³/mol. The van der Waals surface area contributed by atoms with Crippen molar-refractivity contribution in [1.82, 2.24) is 0 Å². The number of nitriles is 1. The summed E-state index contributed by atoms with van der Waals surface area (Å²) in [6, 6.07) is 19.1. The van der Waals surface area contributed by atoms with E-state index < -0.39 is 24.1 Å². The van der Waals surface area contributed by atoms with Gasteiger partial charge in [0.1, 0.15) is 11.1 Å². The van der Waals surface area contributed by atoms with Gasteiger partial charge < -0.3 is 15.2 Å². The van der Waals surface area contributed by atoms with Crippen LogP contribution in [0.15, 0.2) is 60.7 Å². The molecule has 31 heavy (non-hydrogen) atoms. The number of thiophene rings is 1. The number of carbonyl (C=O) groups excluding carboxylic acids is 2. The third-order valence-electron chi connectivity index (χ3n) is 5.30. The molecule has 2 aromatic carbocycles. The molecule has 0 atom stereocenters. The first kappa shape index (κ1) is 20.8. The molecule has 1 aliphatic rings. The number of aryl methyl sites for hydroxylation is 1. The molecule has 1 aromatic heterocycles. The molecule has 0 unspecified atom stereocenters. The molecule has 0 saturated heterocycles. The first-order valence-corrected chi connectivity index (χ1v) is 10.7. The van der Waals surface area contributed by atoms with E-state index >= 15 is 0 Å². The second kappa shape index (κ2) is 8.72. The van der Waals surface area contributed by atoms with Crippen LogP contribution in [-0.2, 0) is 32.8 Å². The van der Waals surface area contributed by atoms with Crippen molar-refractivity contribution in [2.75, 3.05) is 11.9 Å². The molecule has 1 amide bonds. The molecule has 3 aromatic rings. The molecular formula is C24H20N2O4S. The first-order valence-electron chi connectivity index (χ1n) is 9.89. The van der Waals surface area contributed by atoms with E-state index in [4.69, 9.17) is 4.74 Å². The number of anilines is 1. The number of aliphatic hydroxyl groups is 1. The van der Waals surface area contributed by atoms with E-state index in [1.54, 1.807) is 60.7 Å². The molecule has 0 saturated carbocycles. The fourth-order valence-corrected chi connectivity index (χ4v) is 5.03. The summed E-state index contributed by atoms with van der Waals surface area (Å²) >= 11 is 1.39. The highest BCUT2D eigenvalue weighted by Crippen LogP contribution is 2.38. The molecule has 1 heterocycles. The zero-order chi connectivity index (χ0) is 21.8. The summed E-state index contributed by atoms with van der Waals surface area (Å²) in [6.45, 7) is -0.575. The Kier molecular flexibility index (Phi) is 5.85. The lowest BCUT2D eigenvalue weighted by Crippen LogP contribution is -2.39. The number of carbonyl (C=O) groups is 2. The molecule has 4 rings (SSSR count). The maximum Gasteiger partial charge on any atom is 0.348 e. The summed E-state index contributed by atoms with van der Waals surface area (Å²) in [4.78, 5) is 26.5. The van der Waals surface area contributed by atoms with Crippen molar-refractivity contribution < 1.29 is 19.4 Å². The van der Waals surface area contributed by atoms with Gasteiger partial charge in [-0.2, -0.15) is 5.26 Å². The van der Waals surface area contributed by atoms with Crippen molar-refractivity contribution in [2.24, 2.45) is 0 Å². The lowest BCUT2D eigenvalue weighted by atomic mass is 9.86. The molecule has 7 heteroatoms. The number of nitrogens with zero attached hydrogens (tertiary/aromatic N) is 1. The van der Waals surface area contributed by atoms with Gasteiger partial charge in [-0.15, -0.1) is 11.3 Å². The molecule has 0 spiro atoms. The Balaban J connectivity index is 1.50. The number of amides is 1. The molecule has 0 fully saturated rings. The SMILES string of the molecule is N#Cc1c(NC(=O)COC(=O)C(O)(c2ccccc2)c2ccccc2)sc2c1CCC2. The minimum Gasteiger partial charge on any atom is -0.453 e. The van der Waals surface area contributed by atoms with Crippen LogP contribution in [0.5, 0.6) is 0 Å². The van der Waals surface area contributed by atoms with Crippen LogP contribution in [0.3, 0.4) is 0 Å². The van der Waals surface area contributed by atoms with Gasteiger partial charge in [0.15, 0.2) is 6.61 Å². The van der Waals surface area contributed by atoms with E-state index in [0.717, 1.165) is 29.7 Å². The maximum absolute atomic E-state index is 13.0. The largest absolute Gasteiger partial charge is 0.453 e. The van der Waals surface area contributed by atoms with Crippen LogP contribution in [0, 0.1) is 11.3 Å². The summed E-state index contributed by atoms with van der Waals surface area (Å²) in [7, 11) is 0. The number of hydrogen-bond acceptors (Lipinski definition) is 6. The number of ether oxygens (including phenoxy) is 1. The Morgan fingerprint density at radius 2 is 1.68 bits per heavy atom. The van der Waals surface area contributed by atoms with Crippen LogP contribution in [0.4, 0.5) is 5.00 Å². The third-order valence-corrected chi connectivity index (χ3v) is 6.51. The van der Waals surface area contributed by atoms with Crippen molar-refractivity contribution in [3.63, 3.8) is 0 Å². The highest BCUT2D eigenvalue weighted by Gasteiger charge is 2.41. The van der Waals surface area contributed by atoms with E-state index in [1.807, 2.05) is 0 Å². The van der Waals surface area contributed by atoms with Gasteiger partial charge in [-0.1, -0.05) is 60.7 Å². The normalized spacial score (nSPS) is 12.6. The topological polar surface area (TPSA) is 99.4 Å². The van der Waals surface area contributed by atoms with Crippen LogP contribution in [-0.4, -0.2) is 23.6 Å². The van der Waals surface area contributed by atoms with E-state index in [9.17, 15) is 20.0 Å². The average molecular weight is 433 g/mol. The second-order valence-corrected chi connectivity index (χ2v) is 8.35. The van der Waals surface area contributed by atoms with Crippen molar-refractivity contribution in [1.29, 1.82) is 5.26 Å². The maximum atomic E-state index is 13.0. The molecule has 6 nitrogen and oxygen atoms in total. The molecule has 0 bridgehead atoms. The summed E-state index contributed by atoms with van der Waals surface area (Å²) in [5.74, 6) is -1.51. The second-order valence-electron chi connectivity index (χ2n) is 7.24. The number of esters is 1. The summed E-state index contributed by atoms with van der Waals surface area (Å²) < 4.78 is 5.22. The molecule has 2 N–H and O–H groups in total. The van der Waals surface area contributed by atoms with Gasteiger partial charge in [-0.05, 0) is 36.0 Å². The number of fused-ring (bicyclic) bond motifs is 1. The smallest absolute Gasteiger partial charge is 0.348 e. The number of benzene rings is 2. The van der Waals surface area contributed by atoms with Gasteiger partial charge in [-0.25, -0.2) is 4.79 Å². The van der Waals surface area contributed by atoms with E-state index in [2.05, 4.69) is 11.4 Å². The van der Waals surface area contributed by atoms with Gasteiger partial charge in [0.05, 0.1) is 5.56 Å². The summed E-state index contributed by atoms with van der Waals surface area (Å²) in [5, 5.41) is 23.9. The summed E-state index contributed by atoms with van der Waals surface area (Å²) in [6.07, 6.45) is 2.75. The highest BCUT2D eigenvalue weighted by atomic mass is 32.1. The fraction of sp³-hybridized carbons (Fsp3) is 0.208. The minimum absolute atomic E-state index is 0.341. The Hall–Kier alpha value is -3.47. The van der Waals surface area contributed by atoms with Crippen LogP contribution in [0.1, 0.15) is 33.6 Å². The Morgan fingerprint density at radius 3 is 2.26 bits per heavy atom. The molecular weight excluding hydrogens is 412 g/mol. The lowest BCUT2D eigenvalue weighted by molar-refractivity contribution is -0.163. The van der Waals surface area contributed by atoms with Crippen LogP contribution >= 0.6 is 11.3 Å². The lowest BCUT2D eigenvalue weighted by Gasteiger charge is -2.26. The van der Waals surface area contributed by atoms with Crippen molar-refractivity contribution in [2.45, 2.75) is 24.9 Å². The van der Waals surface area contributed by atoms with Crippen LogP contribution < -0.4 is 5.32 Å². The van der Waals surface area contributed by atoms with Gasteiger partial charge in [-0.3, -0.25) is 4.79 Å². The Morgan fingerprint density at radius 1 is 1.06 bits per heavy atom. The fourth-order valence-electron chi connectivity index (χ4n) is 3.77. The third kappa shape index (κ3) is 3.96. The highest BCUT2D eigenvalue weighted by molar-refractivity contribution is 7.16. The van der Waals surface area contributed by atoms with Gasteiger partial charge >= 0.3 is 5.97 Å². The minimum atomic E-state index is -2.05. The van der Waals surface area contributed by atoms with Crippen molar-refractivity contribution >= 4 is 28.2 Å². The molecule has 156 valence electrons. The number of nitrogens with one attached hydrogen (secondary N) is 1. The monoisotopic (exact) mass is 432 g/mol. The van der Waals surface area contributed by atoms with Gasteiger partial charge in [0.25, 0.3) is 5.91 Å². The Labute approximate surface area is 183 Å². The van der Waals surface area contributed by atoms with Crippen LogP contribution in [0.2, 0.25) is 0 Å². The number of hydrogen-bond donors (Lipinski definition) is 2. The Bertz CT molecular complexity index is 1110. The predicted octanol–water partition coefficient (Wildman–Crippen LogP) is 3.53. The number of rotatable bonds is 6. The average Bonchev–Trinajstić information content (AvgIpc) is 3.38.